The van der Waals surface area contributed by atoms with Gasteiger partial charge in [-0.05, 0) is 37.8 Å². The molecule has 4 aliphatic rings. The second kappa shape index (κ2) is 9.09. The molecular weight excluding hydrogens is 404 g/mol. The van der Waals surface area contributed by atoms with Gasteiger partial charge in [0.15, 0.2) is 5.78 Å². The van der Waals surface area contributed by atoms with Gasteiger partial charge in [-0.15, -0.1) is 0 Å². The molecule has 2 aliphatic carbocycles. The van der Waals surface area contributed by atoms with Crippen LogP contribution in [0.4, 0.5) is 0 Å². The number of allylic oxidation sites excluding steroid dienone is 6. The van der Waals surface area contributed by atoms with Crippen LogP contribution in [-0.2, 0) is 14.4 Å². The Kier molecular flexibility index (Phi) is 6.50. The summed E-state index contributed by atoms with van der Waals surface area (Å²) in [4.78, 5) is 37.3. The van der Waals surface area contributed by atoms with Crippen LogP contribution in [0.15, 0.2) is 47.3 Å². The van der Waals surface area contributed by atoms with E-state index in [4.69, 9.17) is 0 Å². The first-order valence-electron chi connectivity index (χ1n) is 10.5. The number of thioether (sulfide) groups is 2. The zero-order valence-corrected chi connectivity index (χ0v) is 18.0. The number of ketones is 1. The smallest absolute Gasteiger partial charge is 0.223 e. The highest BCUT2D eigenvalue weighted by Gasteiger charge is 2.41. The number of aliphatic hydroxyl groups is 1. The summed E-state index contributed by atoms with van der Waals surface area (Å²) in [5.41, 5.74) is 0.653. The van der Waals surface area contributed by atoms with Crippen LogP contribution in [0, 0.1) is 11.8 Å². The Balaban J connectivity index is 1.44. The first-order chi connectivity index (χ1) is 14.1. The van der Waals surface area contributed by atoms with E-state index in [1.54, 1.807) is 30.4 Å². The minimum Gasteiger partial charge on any atom is -0.511 e. The van der Waals surface area contributed by atoms with Gasteiger partial charge in [0.2, 0.25) is 10.2 Å². The van der Waals surface area contributed by atoms with Gasteiger partial charge in [0, 0.05) is 22.3 Å². The lowest BCUT2D eigenvalue weighted by molar-refractivity contribution is -0.122. The van der Waals surface area contributed by atoms with Gasteiger partial charge in [0.25, 0.3) is 0 Å². The lowest BCUT2D eigenvalue weighted by Crippen LogP contribution is -2.37. The summed E-state index contributed by atoms with van der Waals surface area (Å²) in [6.07, 6.45) is 16.4. The largest absolute Gasteiger partial charge is 0.511 e. The van der Waals surface area contributed by atoms with E-state index < -0.39 is 0 Å². The fourth-order valence-electron chi connectivity index (χ4n) is 4.77. The van der Waals surface area contributed by atoms with Crippen molar-refractivity contribution in [3.05, 3.63) is 47.3 Å². The molecule has 3 fully saturated rings. The molecule has 2 saturated carbocycles. The first kappa shape index (κ1) is 20.7. The third-order valence-corrected chi connectivity index (χ3v) is 8.94. The number of carbonyl (C=O) groups excluding carboxylic acids is 3. The fourth-order valence-corrected chi connectivity index (χ4v) is 7.33. The Bertz CT molecular complexity index is 836. The second-order valence-corrected chi connectivity index (χ2v) is 10.6. The van der Waals surface area contributed by atoms with Crippen LogP contribution in [0.25, 0.3) is 0 Å². The first-order valence-corrected chi connectivity index (χ1v) is 12.3. The summed E-state index contributed by atoms with van der Waals surface area (Å²) in [5, 5.41) is 10.7. The van der Waals surface area contributed by atoms with Gasteiger partial charge in [-0.25, -0.2) is 0 Å². The van der Waals surface area contributed by atoms with Gasteiger partial charge in [-0.1, -0.05) is 67.4 Å². The van der Waals surface area contributed by atoms with Crippen molar-refractivity contribution in [2.45, 2.75) is 61.9 Å². The van der Waals surface area contributed by atoms with Gasteiger partial charge < -0.3 is 5.11 Å². The molecule has 0 amide bonds. The van der Waals surface area contributed by atoms with E-state index in [0.29, 0.717) is 5.57 Å². The quantitative estimate of drug-likeness (QED) is 0.383. The predicted octanol–water partition coefficient (Wildman–Crippen LogP) is 5.07. The van der Waals surface area contributed by atoms with Crippen molar-refractivity contribution in [2.24, 2.45) is 11.8 Å². The van der Waals surface area contributed by atoms with Gasteiger partial charge >= 0.3 is 0 Å². The number of Topliss-reactive ketones (excluding diaryl/α,β-unsaturated/α-hetero) is 1. The number of fused-ring (bicyclic) bond motifs is 2. The third kappa shape index (κ3) is 4.33. The Morgan fingerprint density at radius 3 is 2.14 bits per heavy atom. The molecule has 4 unspecified atom stereocenters. The van der Waals surface area contributed by atoms with Crippen LogP contribution in [0.5, 0.6) is 0 Å². The minimum atomic E-state index is -0.130. The van der Waals surface area contributed by atoms with E-state index in [2.05, 4.69) is 0 Å². The van der Waals surface area contributed by atoms with Crippen LogP contribution in [-0.4, -0.2) is 31.6 Å². The molecule has 4 atom stereocenters. The third-order valence-electron chi connectivity index (χ3n) is 6.34. The van der Waals surface area contributed by atoms with E-state index >= 15 is 0 Å². The number of rotatable bonds is 3. The second-order valence-electron chi connectivity index (χ2n) is 8.16. The summed E-state index contributed by atoms with van der Waals surface area (Å²) in [6, 6.07) is 0. The highest BCUT2D eigenvalue weighted by molar-refractivity contribution is 8.15. The highest BCUT2D eigenvalue weighted by atomic mass is 32.2. The average molecular weight is 431 g/mol. The van der Waals surface area contributed by atoms with Crippen molar-refractivity contribution >= 4 is 39.5 Å². The molecule has 2 heterocycles. The monoisotopic (exact) mass is 430 g/mol. The Morgan fingerprint density at radius 1 is 0.759 bits per heavy atom. The van der Waals surface area contributed by atoms with Crippen LogP contribution in [0.3, 0.4) is 0 Å². The van der Waals surface area contributed by atoms with Crippen molar-refractivity contribution in [3.8, 4) is 0 Å². The average Bonchev–Trinajstić information content (AvgIpc) is 2.72. The summed E-state index contributed by atoms with van der Waals surface area (Å²) in [6.45, 7) is 0. The standard InChI is InChI=1S/C23H26O4S2/c24-20-14-8-4-6-12-18(14)28-22(26)16(20)10-2-1-3-11-17-21(25)15-9-5-7-13-19(15)29-23(17)27/h1-3,10-11,14-15,18-19,24H,4-9,12-13H2/b3-1?,10-2?,17-11-. The van der Waals surface area contributed by atoms with Crippen molar-refractivity contribution in [2.75, 3.05) is 0 Å². The number of aliphatic hydroxyl groups excluding tert-OH is 1. The molecular formula is C23H26O4S2. The zero-order chi connectivity index (χ0) is 20.4. The summed E-state index contributed by atoms with van der Waals surface area (Å²) < 4.78 is 0. The number of carbonyl (C=O) groups is 3. The zero-order valence-electron chi connectivity index (χ0n) is 16.3. The SMILES string of the molecule is O=C1SC2CCCCC2C(O)=C1C=CC=C/C=C1\C(=O)SC2CCCCC2C1=O. The van der Waals surface area contributed by atoms with Crippen molar-refractivity contribution in [1.82, 2.24) is 0 Å². The van der Waals surface area contributed by atoms with Crippen molar-refractivity contribution < 1.29 is 19.5 Å². The van der Waals surface area contributed by atoms with Crippen LogP contribution < -0.4 is 0 Å². The molecule has 0 bridgehead atoms. The van der Waals surface area contributed by atoms with E-state index in [1.807, 2.05) is 0 Å². The van der Waals surface area contributed by atoms with E-state index in [0.717, 1.165) is 51.4 Å². The molecule has 4 rings (SSSR count). The maximum atomic E-state index is 12.7. The van der Waals surface area contributed by atoms with E-state index in [9.17, 15) is 19.5 Å². The fraction of sp³-hybridized carbons (Fsp3) is 0.522. The van der Waals surface area contributed by atoms with E-state index in [-0.39, 0.29) is 49.7 Å². The summed E-state index contributed by atoms with van der Waals surface area (Å²) in [5.74, 6) is 0.257. The molecule has 6 heteroatoms. The minimum absolute atomic E-state index is 0.0189. The Morgan fingerprint density at radius 2 is 1.38 bits per heavy atom. The maximum absolute atomic E-state index is 12.7. The molecule has 0 aromatic heterocycles. The van der Waals surface area contributed by atoms with Gasteiger partial charge in [0.05, 0.1) is 11.1 Å². The molecule has 2 aliphatic heterocycles. The summed E-state index contributed by atoms with van der Waals surface area (Å²) in [7, 11) is 0. The number of hydrogen-bond acceptors (Lipinski definition) is 6. The van der Waals surface area contributed by atoms with Crippen LogP contribution >= 0.6 is 23.5 Å². The molecule has 0 aromatic carbocycles. The van der Waals surface area contributed by atoms with Gasteiger partial charge in [-0.2, -0.15) is 0 Å². The predicted molar refractivity (Wildman–Crippen MR) is 118 cm³/mol. The van der Waals surface area contributed by atoms with Gasteiger partial charge in [0.1, 0.15) is 5.76 Å². The van der Waals surface area contributed by atoms with Crippen LogP contribution in [0.1, 0.15) is 51.4 Å². The lowest BCUT2D eigenvalue weighted by atomic mass is 9.83. The number of hydrogen-bond donors (Lipinski definition) is 1. The van der Waals surface area contributed by atoms with Crippen molar-refractivity contribution in [1.29, 1.82) is 0 Å². The topological polar surface area (TPSA) is 71.4 Å². The van der Waals surface area contributed by atoms with E-state index in [1.165, 1.54) is 23.5 Å². The molecule has 154 valence electrons. The maximum Gasteiger partial charge on any atom is 0.223 e. The Hall–Kier alpha value is -1.53. The Labute approximate surface area is 180 Å². The molecule has 1 saturated heterocycles. The van der Waals surface area contributed by atoms with Crippen molar-refractivity contribution in [3.63, 3.8) is 0 Å². The summed E-state index contributed by atoms with van der Waals surface area (Å²) >= 11 is 2.66. The molecule has 29 heavy (non-hydrogen) atoms. The molecule has 1 N–H and O–H groups in total. The molecule has 4 nitrogen and oxygen atoms in total. The van der Waals surface area contributed by atoms with Gasteiger partial charge in [-0.3, -0.25) is 14.4 Å². The normalized spacial score (nSPS) is 34.9. The highest BCUT2D eigenvalue weighted by Crippen LogP contribution is 2.43. The van der Waals surface area contributed by atoms with Crippen LogP contribution in [0.2, 0.25) is 0 Å². The molecule has 0 aromatic rings. The molecule has 0 radical (unpaired) electrons. The lowest BCUT2D eigenvalue weighted by Gasteiger charge is -2.34. The molecule has 0 spiro atoms.